The molecule has 2 aliphatic heterocycles. The summed E-state index contributed by atoms with van der Waals surface area (Å²) in [6, 6.07) is 14.8. The largest absolute Gasteiger partial charge is 0.378 e. The van der Waals surface area contributed by atoms with Crippen molar-refractivity contribution >= 4 is 17.3 Å². The second-order valence-electron chi connectivity index (χ2n) is 8.57. The quantitative estimate of drug-likeness (QED) is 0.748. The summed E-state index contributed by atoms with van der Waals surface area (Å²) in [5, 5.41) is 3.06. The first-order chi connectivity index (χ1) is 15.6. The van der Waals surface area contributed by atoms with E-state index in [4.69, 9.17) is 4.74 Å². The Morgan fingerprint density at radius 2 is 1.75 bits per heavy atom. The van der Waals surface area contributed by atoms with E-state index in [9.17, 15) is 9.18 Å². The fourth-order valence-corrected chi connectivity index (χ4v) is 4.39. The molecule has 0 aliphatic carbocycles. The Hall–Kier alpha value is -2.48. The topological polar surface area (TPSA) is 48.1 Å². The van der Waals surface area contributed by atoms with E-state index in [0.717, 1.165) is 75.8 Å². The summed E-state index contributed by atoms with van der Waals surface area (Å²) >= 11 is 0. The number of ether oxygens (including phenoxy) is 1. The number of rotatable bonds is 6. The van der Waals surface area contributed by atoms with Crippen LogP contribution in [0.2, 0.25) is 0 Å². The van der Waals surface area contributed by atoms with Gasteiger partial charge in [0.05, 0.1) is 19.3 Å². The van der Waals surface area contributed by atoms with Crippen LogP contribution in [0.1, 0.15) is 18.9 Å². The van der Waals surface area contributed by atoms with Gasteiger partial charge in [0.1, 0.15) is 5.82 Å². The van der Waals surface area contributed by atoms with Gasteiger partial charge >= 0.3 is 0 Å². The minimum atomic E-state index is -0.220. The molecule has 4 rings (SSSR count). The van der Waals surface area contributed by atoms with E-state index >= 15 is 0 Å². The zero-order chi connectivity index (χ0) is 22.3. The molecule has 0 bridgehead atoms. The van der Waals surface area contributed by atoms with Crippen LogP contribution in [0.4, 0.5) is 15.8 Å². The fraction of sp³-hybridized carbons (Fsp3) is 0.480. The van der Waals surface area contributed by atoms with E-state index < -0.39 is 0 Å². The molecular weight excluding hydrogens is 407 g/mol. The molecule has 7 heteroatoms. The molecule has 2 fully saturated rings. The number of halogens is 1. The fourth-order valence-electron chi connectivity index (χ4n) is 4.39. The Balaban J connectivity index is 1.28. The summed E-state index contributed by atoms with van der Waals surface area (Å²) in [5.41, 5.74) is 2.70. The third-order valence-electron chi connectivity index (χ3n) is 6.41. The van der Waals surface area contributed by atoms with Gasteiger partial charge in [-0.3, -0.25) is 14.6 Å². The van der Waals surface area contributed by atoms with Crippen LogP contribution >= 0.6 is 0 Å². The number of benzene rings is 2. The molecule has 2 aromatic carbocycles. The summed E-state index contributed by atoms with van der Waals surface area (Å²) in [5.74, 6) is -0.146. The van der Waals surface area contributed by atoms with Crippen LogP contribution < -0.4 is 10.2 Å². The van der Waals surface area contributed by atoms with Crippen molar-refractivity contribution in [2.45, 2.75) is 25.9 Å². The van der Waals surface area contributed by atoms with Crippen LogP contribution in [0.15, 0.2) is 48.5 Å². The average Bonchev–Trinajstić information content (AvgIpc) is 3.07. The zero-order valence-electron chi connectivity index (χ0n) is 18.8. The second kappa shape index (κ2) is 10.9. The Morgan fingerprint density at radius 3 is 2.50 bits per heavy atom. The van der Waals surface area contributed by atoms with E-state index in [2.05, 4.69) is 32.1 Å². The highest BCUT2D eigenvalue weighted by molar-refractivity contribution is 5.94. The van der Waals surface area contributed by atoms with Gasteiger partial charge in [0.25, 0.3) is 0 Å². The molecule has 0 saturated carbocycles. The lowest BCUT2D eigenvalue weighted by Crippen LogP contribution is -2.43. The van der Waals surface area contributed by atoms with Crippen LogP contribution in [-0.4, -0.2) is 74.2 Å². The number of hydrogen-bond acceptors (Lipinski definition) is 5. The van der Waals surface area contributed by atoms with Crippen molar-refractivity contribution < 1.29 is 13.9 Å². The normalized spacial score (nSPS) is 19.4. The molecule has 0 aromatic heterocycles. The van der Waals surface area contributed by atoms with Gasteiger partial charge in [0.2, 0.25) is 5.91 Å². The summed E-state index contributed by atoms with van der Waals surface area (Å²) in [6.07, 6.45) is 0.959. The van der Waals surface area contributed by atoms with Gasteiger partial charge in [-0.2, -0.15) is 0 Å². The van der Waals surface area contributed by atoms with Crippen LogP contribution in [0.5, 0.6) is 0 Å². The van der Waals surface area contributed by atoms with Crippen LogP contribution in [0.3, 0.4) is 0 Å². The van der Waals surface area contributed by atoms with Crippen molar-refractivity contribution in [3.8, 4) is 0 Å². The Kier molecular flexibility index (Phi) is 7.73. The van der Waals surface area contributed by atoms with Crippen LogP contribution in [-0.2, 0) is 16.1 Å². The minimum absolute atomic E-state index is 0.00618. The molecule has 2 aromatic rings. The molecule has 0 spiro atoms. The minimum Gasteiger partial charge on any atom is -0.378 e. The van der Waals surface area contributed by atoms with Gasteiger partial charge in [-0.25, -0.2) is 4.39 Å². The number of nitrogens with zero attached hydrogens (tertiary/aromatic N) is 3. The first-order valence-electron chi connectivity index (χ1n) is 11.5. The predicted molar refractivity (Wildman–Crippen MR) is 125 cm³/mol. The third kappa shape index (κ3) is 5.85. The van der Waals surface area contributed by atoms with Crippen molar-refractivity contribution in [1.29, 1.82) is 0 Å². The number of morpholine rings is 1. The van der Waals surface area contributed by atoms with Crippen molar-refractivity contribution in [2.24, 2.45) is 0 Å². The highest BCUT2D eigenvalue weighted by atomic mass is 19.1. The van der Waals surface area contributed by atoms with Gasteiger partial charge < -0.3 is 15.0 Å². The molecule has 2 saturated heterocycles. The first kappa shape index (κ1) is 22.7. The highest BCUT2D eigenvalue weighted by Gasteiger charge is 2.24. The van der Waals surface area contributed by atoms with Gasteiger partial charge in [0, 0.05) is 56.2 Å². The highest BCUT2D eigenvalue weighted by Crippen LogP contribution is 2.20. The lowest BCUT2D eigenvalue weighted by molar-refractivity contribution is -0.120. The van der Waals surface area contributed by atoms with Crippen molar-refractivity contribution in [1.82, 2.24) is 9.80 Å². The monoisotopic (exact) mass is 440 g/mol. The number of amides is 1. The Labute approximate surface area is 189 Å². The number of carbonyl (C=O) groups is 1. The third-order valence-corrected chi connectivity index (χ3v) is 6.41. The van der Waals surface area contributed by atoms with Crippen molar-refractivity contribution in [2.75, 3.05) is 62.7 Å². The summed E-state index contributed by atoms with van der Waals surface area (Å²) in [4.78, 5) is 19.7. The van der Waals surface area contributed by atoms with Gasteiger partial charge in [0.15, 0.2) is 0 Å². The maximum atomic E-state index is 14.0. The molecule has 1 N–H and O–H groups in total. The molecule has 172 valence electrons. The molecule has 1 amide bonds. The lowest BCUT2D eigenvalue weighted by Gasteiger charge is -2.29. The lowest BCUT2D eigenvalue weighted by atomic mass is 10.2. The second-order valence-corrected chi connectivity index (χ2v) is 8.57. The zero-order valence-corrected chi connectivity index (χ0v) is 18.8. The summed E-state index contributed by atoms with van der Waals surface area (Å²) in [7, 11) is 0. The van der Waals surface area contributed by atoms with Crippen LogP contribution in [0.25, 0.3) is 0 Å². The number of hydrogen-bond donors (Lipinski definition) is 1. The van der Waals surface area contributed by atoms with E-state index in [-0.39, 0.29) is 17.8 Å². The molecule has 0 radical (unpaired) electrons. The number of nitrogens with one attached hydrogen (secondary N) is 1. The van der Waals surface area contributed by atoms with E-state index in [1.807, 2.05) is 31.2 Å². The molecule has 1 unspecified atom stereocenters. The standard InChI is InChI=1S/C25H33FN4O2/c1-20(25(31)27-22-7-9-23(10-8-22)30-15-17-32-18-16-30)29-12-4-11-28(13-14-29)19-21-5-2-3-6-24(21)26/h2-3,5-10,20H,4,11-19H2,1H3,(H,27,31). The molecular formula is C25H33FN4O2. The Bertz CT molecular complexity index is 886. The van der Waals surface area contributed by atoms with Crippen LogP contribution in [0, 0.1) is 5.82 Å². The van der Waals surface area contributed by atoms with Gasteiger partial charge in [-0.1, -0.05) is 18.2 Å². The molecule has 1 atom stereocenters. The van der Waals surface area contributed by atoms with E-state index in [1.54, 1.807) is 6.07 Å². The molecule has 32 heavy (non-hydrogen) atoms. The SMILES string of the molecule is CC(C(=O)Nc1ccc(N2CCOCC2)cc1)N1CCCN(Cc2ccccc2F)CC1. The first-order valence-corrected chi connectivity index (χ1v) is 11.5. The molecule has 6 nitrogen and oxygen atoms in total. The van der Waals surface area contributed by atoms with Crippen molar-refractivity contribution in [3.63, 3.8) is 0 Å². The van der Waals surface area contributed by atoms with E-state index in [1.165, 1.54) is 6.07 Å². The maximum absolute atomic E-state index is 14.0. The average molecular weight is 441 g/mol. The smallest absolute Gasteiger partial charge is 0.241 e. The van der Waals surface area contributed by atoms with Gasteiger partial charge in [-0.05, 0) is 50.2 Å². The van der Waals surface area contributed by atoms with Gasteiger partial charge in [-0.15, -0.1) is 0 Å². The summed E-state index contributed by atoms with van der Waals surface area (Å²) in [6.45, 7) is 9.24. The number of carbonyl (C=O) groups excluding carboxylic acids is 1. The van der Waals surface area contributed by atoms with E-state index in [0.29, 0.717) is 6.54 Å². The summed E-state index contributed by atoms with van der Waals surface area (Å²) < 4.78 is 19.4. The predicted octanol–water partition coefficient (Wildman–Crippen LogP) is 3.20. The molecule has 2 heterocycles. The Morgan fingerprint density at radius 1 is 1.00 bits per heavy atom. The number of anilines is 2. The van der Waals surface area contributed by atoms with Crippen molar-refractivity contribution in [3.05, 3.63) is 59.9 Å². The molecule has 2 aliphatic rings. The maximum Gasteiger partial charge on any atom is 0.241 e.